The first kappa shape index (κ1) is 14.8. The Morgan fingerprint density at radius 3 is 2.35 bits per heavy atom. The molecule has 1 N–H and O–H groups in total. The van der Waals surface area contributed by atoms with Crippen molar-refractivity contribution in [1.82, 2.24) is 15.1 Å². The van der Waals surface area contributed by atoms with Crippen LogP contribution in [0.3, 0.4) is 0 Å². The quantitative estimate of drug-likeness (QED) is 0.842. The zero-order valence-corrected chi connectivity index (χ0v) is 13.2. The third-order valence-corrected chi connectivity index (χ3v) is 3.70. The van der Waals surface area contributed by atoms with Gasteiger partial charge >= 0.3 is 0 Å². The summed E-state index contributed by atoms with van der Waals surface area (Å²) in [4.78, 5) is 0. The van der Waals surface area contributed by atoms with Gasteiger partial charge in [-0.15, -0.1) is 0 Å². The summed E-state index contributed by atoms with van der Waals surface area (Å²) in [7, 11) is 0. The van der Waals surface area contributed by atoms with E-state index >= 15 is 0 Å². The highest BCUT2D eigenvalue weighted by Gasteiger charge is 2.12. The number of benzene rings is 1. The molecule has 0 aliphatic heterocycles. The number of nitrogens with zero attached hydrogens (tertiary/aromatic N) is 2. The maximum Gasteiger partial charge on any atom is 0.0707 e. The standard InChI is InChI=1S/C17H25N3/c1-6-7-18-10-16-11-19-20(15(16)5)17-13(3)8-12(2)9-14(17)4/h8-9,11,18H,6-7,10H2,1-5H3. The molecule has 0 saturated carbocycles. The summed E-state index contributed by atoms with van der Waals surface area (Å²) in [5.74, 6) is 0. The third-order valence-electron chi connectivity index (χ3n) is 3.70. The lowest BCUT2D eigenvalue weighted by molar-refractivity contribution is 0.672. The van der Waals surface area contributed by atoms with Gasteiger partial charge in [0.15, 0.2) is 0 Å². The molecule has 0 aliphatic rings. The Labute approximate surface area is 122 Å². The second-order valence-corrected chi connectivity index (χ2v) is 5.59. The zero-order chi connectivity index (χ0) is 14.7. The lowest BCUT2D eigenvalue weighted by atomic mass is 10.0. The number of nitrogens with one attached hydrogen (secondary N) is 1. The first-order valence-electron chi connectivity index (χ1n) is 7.37. The van der Waals surface area contributed by atoms with Crippen LogP contribution in [-0.4, -0.2) is 16.3 Å². The molecule has 0 amide bonds. The predicted octanol–water partition coefficient (Wildman–Crippen LogP) is 3.61. The highest BCUT2D eigenvalue weighted by atomic mass is 15.3. The summed E-state index contributed by atoms with van der Waals surface area (Å²) in [6.07, 6.45) is 3.14. The lowest BCUT2D eigenvalue weighted by Gasteiger charge is -2.13. The van der Waals surface area contributed by atoms with Crippen molar-refractivity contribution in [2.45, 2.75) is 47.6 Å². The average Bonchev–Trinajstić information content (AvgIpc) is 2.71. The molecule has 0 fully saturated rings. The van der Waals surface area contributed by atoms with Crippen LogP contribution in [-0.2, 0) is 6.54 Å². The molecule has 0 saturated heterocycles. The third kappa shape index (κ3) is 2.93. The maximum atomic E-state index is 4.59. The van der Waals surface area contributed by atoms with E-state index in [1.54, 1.807) is 0 Å². The lowest BCUT2D eigenvalue weighted by Crippen LogP contribution is -2.14. The Bertz CT molecular complexity index is 573. The molecule has 1 aromatic carbocycles. The fourth-order valence-electron chi connectivity index (χ4n) is 2.75. The Morgan fingerprint density at radius 1 is 1.10 bits per heavy atom. The SMILES string of the molecule is CCCNCc1cnn(-c2c(C)cc(C)cc2C)c1C. The normalized spacial score (nSPS) is 11.1. The van der Waals surface area contributed by atoms with E-state index in [1.165, 1.54) is 33.6 Å². The van der Waals surface area contributed by atoms with Gasteiger partial charge in [0.1, 0.15) is 0 Å². The minimum Gasteiger partial charge on any atom is -0.313 e. The smallest absolute Gasteiger partial charge is 0.0707 e. The Kier molecular flexibility index (Phi) is 4.61. The number of hydrogen-bond acceptors (Lipinski definition) is 2. The van der Waals surface area contributed by atoms with Gasteiger partial charge in [-0.1, -0.05) is 24.6 Å². The van der Waals surface area contributed by atoms with Crippen molar-refractivity contribution in [2.24, 2.45) is 0 Å². The van der Waals surface area contributed by atoms with Crippen molar-refractivity contribution in [2.75, 3.05) is 6.54 Å². The second kappa shape index (κ2) is 6.23. The molecule has 1 aromatic heterocycles. The molecule has 0 aliphatic carbocycles. The molecule has 2 aromatic rings. The molecule has 1 heterocycles. The molecule has 2 rings (SSSR count). The van der Waals surface area contributed by atoms with Crippen LogP contribution in [0.5, 0.6) is 0 Å². The van der Waals surface area contributed by atoms with Crippen LogP contribution in [0.4, 0.5) is 0 Å². The number of aromatic nitrogens is 2. The van der Waals surface area contributed by atoms with E-state index in [9.17, 15) is 0 Å². The maximum absolute atomic E-state index is 4.59. The van der Waals surface area contributed by atoms with Crippen LogP contribution < -0.4 is 5.32 Å². The Balaban J connectivity index is 2.35. The average molecular weight is 271 g/mol. The van der Waals surface area contributed by atoms with E-state index < -0.39 is 0 Å². The van der Waals surface area contributed by atoms with E-state index in [0.717, 1.165) is 19.5 Å². The van der Waals surface area contributed by atoms with Crippen molar-refractivity contribution in [1.29, 1.82) is 0 Å². The molecular formula is C17H25N3. The van der Waals surface area contributed by atoms with Gasteiger partial charge in [-0.05, 0) is 51.8 Å². The zero-order valence-electron chi connectivity index (χ0n) is 13.2. The van der Waals surface area contributed by atoms with E-state index in [4.69, 9.17) is 0 Å². The second-order valence-electron chi connectivity index (χ2n) is 5.59. The minimum atomic E-state index is 0.892. The topological polar surface area (TPSA) is 29.9 Å². The van der Waals surface area contributed by atoms with E-state index in [0.29, 0.717) is 0 Å². The fraction of sp³-hybridized carbons (Fsp3) is 0.471. The van der Waals surface area contributed by atoms with Gasteiger partial charge in [-0.25, -0.2) is 4.68 Å². The van der Waals surface area contributed by atoms with Gasteiger partial charge in [0, 0.05) is 17.8 Å². The summed E-state index contributed by atoms with van der Waals surface area (Å²) < 4.78 is 2.08. The molecular weight excluding hydrogens is 246 g/mol. The molecule has 20 heavy (non-hydrogen) atoms. The highest BCUT2D eigenvalue weighted by molar-refractivity contribution is 5.50. The monoisotopic (exact) mass is 271 g/mol. The van der Waals surface area contributed by atoms with Gasteiger partial charge in [0.25, 0.3) is 0 Å². The van der Waals surface area contributed by atoms with Crippen LogP contribution in [0.15, 0.2) is 18.3 Å². The van der Waals surface area contributed by atoms with Crippen molar-refractivity contribution in [3.8, 4) is 5.69 Å². The number of rotatable bonds is 5. The molecule has 0 spiro atoms. The minimum absolute atomic E-state index is 0.892. The van der Waals surface area contributed by atoms with Crippen LogP contribution in [0.2, 0.25) is 0 Å². The van der Waals surface area contributed by atoms with Crippen LogP contribution in [0, 0.1) is 27.7 Å². The van der Waals surface area contributed by atoms with Crippen molar-refractivity contribution >= 4 is 0 Å². The summed E-state index contributed by atoms with van der Waals surface area (Å²) in [5, 5.41) is 8.03. The van der Waals surface area contributed by atoms with E-state index in [2.05, 4.69) is 61.8 Å². The fourth-order valence-corrected chi connectivity index (χ4v) is 2.75. The summed E-state index contributed by atoms with van der Waals surface area (Å²) >= 11 is 0. The van der Waals surface area contributed by atoms with Gasteiger partial charge in [0.05, 0.1) is 11.9 Å². The highest BCUT2D eigenvalue weighted by Crippen LogP contribution is 2.23. The molecule has 108 valence electrons. The van der Waals surface area contributed by atoms with E-state index in [1.807, 2.05) is 6.20 Å². The molecule has 0 unspecified atom stereocenters. The molecule has 0 bridgehead atoms. The van der Waals surface area contributed by atoms with Crippen molar-refractivity contribution < 1.29 is 0 Å². The number of aryl methyl sites for hydroxylation is 3. The summed E-state index contributed by atoms with van der Waals surface area (Å²) in [5.41, 5.74) is 7.58. The Morgan fingerprint density at radius 2 is 1.75 bits per heavy atom. The first-order valence-corrected chi connectivity index (χ1v) is 7.37. The van der Waals surface area contributed by atoms with Gasteiger partial charge < -0.3 is 5.32 Å². The molecule has 3 heteroatoms. The van der Waals surface area contributed by atoms with Gasteiger partial charge in [-0.2, -0.15) is 5.10 Å². The Hall–Kier alpha value is -1.61. The summed E-state index contributed by atoms with van der Waals surface area (Å²) in [6.45, 7) is 12.7. The van der Waals surface area contributed by atoms with Crippen LogP contribution in [0.1, 0.15) is 41.3 Å². The van der Waals surface area contributed by atoms with Crippen LogP contribution >= 0.6 is 0 Å². The molecule has 3 nitrogen and oxygen atoms in total. The molecule has 0 atom stereocenters. The van der Waals surface area contributed by atoms with Crippen molar-refractivity contribution in [3.63, 3.8) is 0 Å². The largest absolute Gasteiger partial charge is 0.313 e. The first-order chi connectivity index (χ1) is 9.54. The molecule has 0 radical (unpaired) electrons. The van der Waals surface area contributed by atoms with Gasteiger partial charge in [0.2, 0.25) is 0 Å². The van der Waals surface area contributed by atoms with Gasteiger partial charge in [-0.3, -0.25) is 0 Å². The predicted molar refractivity (Wildman–Crippen MR) is 84.5 cm³/mol. The van der Waals surface area contributed by atoms with Crippen molar-refractivity contribution in [3.05, 3.63) is 46.3 Å². The summed E-state index contributed by atoms with van der Waals surface area (Å²) in [6, 6.07) is 4.44. The van der Waals surface area contributed by atoms with Crippen LogP contribution in [0.25, 0.3) is 5.69 Å². The number of hydrogen-bond donors (Lipinski definition) is 1. The van der Waals surface area contributed by atoms with E-state index in [-0.39, 0.29) is 0 Å².